The fraction of sp³-hybridized carbons (Fsp3) is 0.250. The molecule has 16 heavy (non-hydrogen) atoms. The van der Waals surface area contributed by atoms with Gasteiger partial charge in [-0.3, -0.25) is 0 Å². The minimum absolute atomic E-state index is 0.730. The zero-order valence-electron chi connectivity index (χ0n) is 9.25. The predicted octanol–water partition coefficient (Wildman–Crippen LogP) is 3.56. The van der Waals surface area contributed by atoms with Crippen molar-refractivity contribution in [3.05, 3.63) is 34.0 Å². The van der Waals surface area contributed by atoms with Crippen LogP contribution < -0.4 is 5.73 Å². The van der Waals surface area contributed by atoms with Crippen molar-refractivity contribution in [2.75, 3.05) is 5.73 Å². The summed E-state index contributed by atoms with van der Waals surface area (Å²) >= 11 is 3.53. The monoisotopic (exact) mass is 280 g/mol. The van der Waals surface area contributed by atoms with Gasteiger partial charge in [0.1, 0.15) is 11.5 Å². The van der Waals surface area contributed by atoms with Gasteiger partial charge in [0.25, 0.3) is 0 Å². The molecule has 2 rings (SSSR count). The summed E-state index contributed by atoms with van der Waals surface area (Å²) in [6.45, 7) is 3.96. The minimum Gasteiger partial charge on any atom is -0.398 e. The molecule has 0 aliphatic carbocycles. The summed E-state index contributed by atoms with van der Waals surface area (Å²) in [5.41, 5.74) is 9.66. The lowest BCUT2D eigenvalue weighted by Crippen LogP contribution is -1.96. The Hall–Kier alpha value is -1.29. The highest BCUT2D eigenvalue weighted by atomic mass is 79.9. The first kappa shape index (κ1) is 11.2. The lowest BCUT2D eigenvalue weighted by molar-refractivity contribution is 0.399. The van der Waals surface area contributed by atoms with Crippen molar-refractivity contribution < 1.29 is 4.52 Å². The Morgan fingerprint density at radius 3 is 2.75 bits per heavy atom. The lowest BCUT2D eigenvalue weighted by atomic mass is 10.0. The molecule has 0 aliphatic rings. The molecule has 2 aromatic rings. The standard InChI is InChI=1S/C12H13BrN2O/c1-3-8-9(13)4-5-10(14)12(8)11-6-7(2)16-15-11/h4-6H,3,14H2,1-2H3. The quantitative estimate of drug-likeness (QED) is 0.856. The smallest absolute Gasteiger partial charge is 0.134 e. The van der Waals surface area contributed by atoms with Crippen LogP contribution in [-0.2, 0) is 6.42 Å². The van der Waals surface area contributed by atoms with Crippen molar-refractivity contribution in [3.8, 4) is 11.3 Å². The number of aryl methyl sites for hydroxylation is 1. The topological polar surface area (TPSA) is 52.0 Å². The summed E-state index contributed by atoms with van der Waals surface area (Å²) in [5.74, 6) is 0.788. The van der Waals surface area contributed by atoms with Crippen LogP contribution in [0.1, 0.15) is 18.2 Å². The van der Waals surface area contributed by atoms with E-state index in [9.17, 15) is 0 Å². The molecule has 0 aliphatic heterocycles. The molecule has 0 saturated carbocycles. The molecule has 3 nitrogen and oxygen atoms in total. The molecule has 1 aromatic heterocycles. The zero-order valence-corrected chi connectivity index (χ0v) is 10.8. The molecule has 0 bridgehead atoms. The van der Waals surface area contributed by atoms with E-state index in [1.165, 1.54) is 0 Å². The van der Waals surface area contributed by atoms with Gasteiger partial charge in [0.15, 0.2) is 0 Å². The molecule has 0 radical (unpaired) electrons. The van der Waals surface area contributed by atoms with Gasteiger partial charge in [-0.1, -0.05) is 28.0 Å². The van der Waals surface area contributed by atoms with Crippen LogP contribution in [0.3, 0.4) is 0 Å². The van der Waals surface area contributed by atoms with Crippen molar-refractivity contribution in [2.24, 2.45) is 0 Å². The van der Waals surface area contributed by atoms with Gasteiger partial charge in [-0.25, -0.2) is 0 Å². The normalized spacial score (nSPS) is 10.7. The van der Waals surface area contributed by atoms with Gasteiger partial charge in [0.05, 0.1) is 0 Å². The van der Waals surface area contributed by atoms with E-state index in [-0.39, 0.29) is 0 Å². The Bertz CT molecular complexity index is 520. The molecule has 4 heteroatoms. The first-order valence-electron chi connectivity index (χ1n) is 5.14. The molecule has 0 amide bonds. The Labute approximate surface area is 103 Å². The number of aromatic nitrogens is 1. The molecular formula is C12H13BrN2O. The highest BCUT2D eigenvalue weighted by molar-refractivity contribution is 9.10. The van der Waals surface area contributed by atoms with Crippen LogP contribution in [-0.4, -0.2) is 5.16 Å². The molecule has 1 heterocycles. The van der Waals surface area contributed by atoms with Crippen LogP contribution in [0.15, 0.2) is 27.2 Å². The van der Waals surface area contributed by atoms with Crippen LogP contribution >= 0.6 is 15.9 Å². The van der Waals surface area contributed by atoms with Gasteiger partial charge in [0, 0.05) is 21.8 Å². The van der Waals surface area contributed by atoms with Gasteiger partial charge in [-0.2, -0.15) is 0 Å². The maximum Gasteiger partial charge on any atom is 0.134 e. The largest absolute Gasteiger partial charge is 0.398 e. The number of nitrogens with two attached hydrogens (primary N) is 1. The second kappa shape index (κ2) is 4.29. The number of hydrogen-bond donors (Lipinski definition) is 1. The third-order valence-electron chi connectivity index (χ3n) is 2.53. The Kier molecular flexibility index (Phi) is 3.01. The molecule has 0 unspecified atom stereocenters. The SMILES string of the molecule is CCc1c(Br)ccc(N)c1-c1cc(C)on1. The molecule has 84 valence electrons. The van der Waals surface area contributed by atoms with E-state index < -0.39 is 0 Å². The first-order chi connectivity index (χ1) is 7.63. The number of anilines is 1. The first-order valence-corrected chi connectivity index (χ1v) is 5.93. The number of nitrogens with zero attached hydrogens (tertiary/aromatic N) is 1. The summed E-state index contributed by atoms with van der Waals surface area (Å²) in [4.78, 5) is 0. The fourth-order valence-electron chi connectivity index (χ4n) is 1.77. The van der Waals surface area contributed by atoms with Gasteiger partial charge < -0.3 is 10.3 Å². The zero-order chi connectivity index (χ0) is 11.7. The van der Waals surface area contributed by atoms with Crippen LogP contribution in [0.2, 0.25) is 0 Å². The molecular weight excluding hydrogens is 268 g/mol. The Morgan fingerprint density at radius 1 is 1.44 bits per heavy atom. The summed E-state index contributed by atoms with van der Waals surface area (Å²) in [5, 5.41) is 4.02. The number of benzene rings is 1. The highest BCUT2D eigenvalue weighted by Gasteiger charge is 2.14. The fourth-order valence-corrected chi connectivity index (χ4v) is 2.38. The maximum atomic E-state index is 6.00. The van der Waals surface area contributed by atoms with E-state index in [1.807, 2.05) is 25.1 Å². The van der Waals surface area contributed by atoms with Crippen molar-refractivity contribution in [1.29, 1.82) is 0 Å². The average molecular weight is 281 g/mol. The third kappa shape index (κ3) is 1.85. The van der Waals surface area contributed by atoms with Crippen molar-refractivity contribution >= 4 is 21.6 Å². The average Bonchev–Trinajstić information content (AvgIpc) is 2.67. The number of nitrogen functional groups attached to an aromatic ring is 1. The van der Waals surface area contributed by atoms with Gasteiger partial charge in [-0.15, -0.1) is 0 Å². The second-order valence-electron chi connectivity index (χ2n) is 3.67. The molecule has 1 aromatic carbocycles. The molecule has 0 spiro atoms. The molecule has 0 fully saturated rings. The molecule has 0 atom stereocenters. The van der Waals surface area contributed by atoms with Crippen LogP contribution in [0.5, 0.6) is 0 Å². The minimum atomic E-state index is 0.730. The Morgan fingerprint density at radius 2 is 2.19 bits per heavy atom. The van der Waals surface area contributed by atoms with Gasteiger partial charge >= 0.3 is 0 Å². The van der Waals surface area contributed by atoms with Crippen molar-refractivity contribution in [1.82, 2.24) is 5.16 Å². The summed E-state index contributed by atoms with van der Waals surface area (Å²) in [6.07, 6.45) is 0.896. The van der Waals surface area contributed by atoms with Crippen LogP contribution in [0.25, 0.3) is 11.3 Å². The van der Waals surface area contributed by atoms with E-state index in [0.29, 0.717) is 0 Å². The maximum absolute atomic E-state index is 6.00. The van der Waals surface area contributed by atoms with Crippen LogP contribution in [0.4, 0.5) is 5.69 Å². The number of hydrogen-bond acceptors (Lipinski definition) is 3. The van der Waals surface area contributed by atoms with Crippen molar-refractivity contribution in [3.63, 3.8) is 0 Å². The van der Waals surface area contributed by atoms with E-state index in [1.54, 1.807) is 0 Å². The van der Waals surface area contributed by atoms with E-state index in [0.717, 1.165) is 39.2 Å². The summed E-state index contributed by atoms with van der Waals surface area (Å²) in [6, 6.07) is 5.74. The third-order valence-corrected chi connectivity index (χ3v) is 3.27. The highest BCUT2D eigenvalue weighted by Crippen LogP contribution is 2.34. The number of halogens is 1. The second-order valence-corrected chi connectivity index (χ2v) is 4.52. The van der Waals surface area contributed by atoms with E-state index >= 15 is 0 Å². The summed E-state index contributed by atoms with van der Waals surface area (Å²) in [7, 11) is 0. The number of rotatable bonds is 2. The predicted molar refractivity (Wildman–Crippen MR) is 68.2 cm³/mol. The Balaban J connectivity index is 2.67. The van der Waals surface area contributed by atoms with Crippen molar-refractivity contribution in [2.45, 2.75) is 20.3 Å². The molecule has 2 N–H and O–H groups in total. The summed E-state index contributed by atoms with van der Waals surface area (Å²) < 4.78 is 6.15. The molecule has 0 saturated heterocycles. The van der Waals surface area contributed by atoms with Gasteiger partial charge in [-0.05, 0) is 31.0 Å². The van der Waals surface area contributed by atoms with Gasteiger partial charge in [0.2, 0.25) is 0 Å². The van der Waals surface area contributed by atoms with Crippen LogP contribution in [0, 0.1) is 6.92 Å². The lowest BCUT2D eigenvalue weighted by Gasteiger charge is -2.10. The van der Waals surface area contributed by atoms with E-state index in [4.69, 9.17) is 10.3 Å². The van der Waals surface area contributed by atoms with E-state index in [2.05, 4.69) is 28.0 Å².